The monoisotopic (exact) mass is 653 g/mol. The summed E-state index contributed by atoms with van der Waals surface area (Å²) in [5.41, 5.74) is 4.47. The van der Waals surface area contributed by atoms with Crippen molar-refractivity contribution in [3.63, 3.8) is 0 Å². The smallest absolute Gasteiger partial charge is 0.317 e. The van der Waals surface area contributed by atoms with E-state index in [1.54, 1.807) is 25.1 Å². The summed E-state index contributed by atoms with van der Waals surface area (Å²) in [6.07, 6.45) is 6.84. The van der Waals surface area contributed by atoms with Crippen molar-refractivity contribution < 1.29 is 43.1 Å². The molecule has 46 heavy (non-hydrogen) atoms. The topological polar surface area (TPSA) is 136 Å². The Morgan fingerprint density at radius 3 is 2.67 bits per heavy atom. The number of carbonyl (C=O) groups is 1. The molecule has 7 atom stereocenters. The summed E-state index contributed by atoms with van der Waals surface area (Å²) in [7, 11) is -1.04. The number of phosphoric acid groups is 1. The van der Waals surface area contributed by atoms with Gasteiger partial charge in [0.05, 0.1) is 26.3 Å². The van der Waals surface area contributed by atoms with Gasteiger partial charge in [-0.15, -0.1) is 11.8 Å². The molecule has 3 N–H and O–H groups in total. The van der Waals surface area contributed by atoms with Crippen LogP contribution < -0.4 is 9.42 Å². The molecule has 250 valence electrons. The quantitative estimate of drug-likeness (QED) is 0.0853. The van der Waals surface area contributed by atoms with Gasteiger partial charge in [-0.3, -0.25) is 9.36 Å². The average Bonchev–Trinajstić information content (AvgIpc) is 3.49. The predicted molar refractivity (Wildman–Crippen MR) is 174 cm³/mol. The minimum Gasteiger partial charge on any atom is -0.746 e. The number of benzene rings is 2. The van der Waals surface area contributed by atoms with Crippen LogP contribution in [0.5, 0.6) is 5.75 Å². The first-order valence-electron chi connectivity index (χ1n) is 16.1. The molecule has 0 heterocycles. The number of aliphatic hydroxyl groups excluding tert-OH is 2. The zero-order valence-corrected chi connectivity index (χ0v) is 28.2. The molecular formula is C36H48NO8P. The number of phosphoric ester groups is 1. The number of ether oxygens (including phenoxy) is 1. The third-order valence-electron chi connectivity index (χ3n) is 9.33. The second kappa shape index (κ2) is 15.8. The summed E-state index contributed by atoms with van der Waals surface area (Å²) < 4.78 is 21.9. The molecule has 0 aliphatic heterocycles. The van der Waals surface area contributed by atoms with Gasteiger partial charge in [0.2, 0.25) is 0 Å². The van der Waals surface area contributed by atoms with Gasteiger partial charge in [0.1, 0.15) is 25.4 Å². The zero-order valence-electron chi connectivity index (χ0n) is 27.3. The molecule has 4 rings (SSSR count). The Balaban J connectivity index is 1.27. The van der Waals surface area contributed by atoms with Gasteiger partial charge < -0.3 is 33.7 Å². The second-order valence-corrected chi connectivity index (χ2v) is 14.5. The summed E-state index contributed by atoms with van der Waals surface area (Å²) in [5, 5.41) is 21.5. The van der Waals surface area contributed by atoms with Crippen molar-refractivity contribution in [3.8, 4) is 17.6 Å². The molecule has 2 aromatic rings. The van der Waals surface area contributed by atoms with Gasteiger partial charge >= 0.3 is 13.8 Å². The fourth-order valence-electron chi connectivity index (χ4n) is 6.90. The van der Waals surface area contributed by atoms with Crippen molar-refractivity contribution in [1.82, 2.24) is 0 Å². The van der Waals surface area contributed by atoms with Crippen molar-refractivity contribution >= 4 is 13.8 Å². The minimum absolute atomic E-state index is 0.0242. The molecule has 0 aromatic heterocycles. The fraction of sp³-hybridized carbons (Fsp3) is 0.528. The Morgan fingerprint density at radius 2 is 1.93 bits per heavy atom. The molecule has 2 aliphatic rings. The van der Waals surface area contributed by atoms with Crippen LogP contribution in [0.2, 0.25) is 0 Å². The molecule has 1 fully saturated rings. The highest BCUT2D eigenvalue weighted by Gasteiger charge is 2.46. The molecule has 10 heteroatoms. The molecule has 0 bridgehead atoms. The van der Waals surface area contributed by atoms with E-state index in [0.29, 0.717) is 48.3 Å². The van der Waals surface area contributed by atoms with E-state index in [9.17, 15) is 24.5 Å². The fourth-order valence-corrected chi connectivity index (χ4v) is 7.33. The third kappa shape index (κ3) is 9.78. The molecular weight excluding hydrogens is 605 g/mol. The summed E-state index contributed by atoms with van der Waals surface area (Å²) >= 11 is 0. The maximum Gasteiger partial charge on any atom is 0.317 e. The Morgan fingerprint density at radius 1 is 1.20 bits per heavy atom. The molecule has 0 radical (unpaired) electrons. The molecule has 0 saturated heterocycles. The number of quaternary nitrogens is 1. The number of nitrogens with zero attached hydrogens (tertiary/aromatic N) is 1. The van der Waals surface area contributed by atoms with Crippen LogP contribution >= 0.6 is 7.82 Å². The van der Waals surface area contributed by atoms with E-state index < -0.39 is 20.0 Å². The Hall–Kier alpha value is -2.96. The first-order chi connectivity index (χ1) is 21.8. The lowest BCUT2D eigenvalue weighted by Crippen LogP contribution is -2.41. The van der Waals surface area contributed by atoms with Gasteiger partial charge in [0.15, 0.2) is 0 Å². The summed E-state index contributed by atoms with van der Waals surface area (Å²) in [5.74, 6) is 6.29. The summed E-state index contributed by atoms with van der Waals surface area (Å²) in [4.78, 5) is 32.9. The predicted octanol–water partition coefficient (Wildman–Crippen LogP) is 4.27. The number of hydrogen-bond acceptors (Lipinski definition) is 7. The molecule has 0 spiro atoms. The summed E-state index contributed by atoms with van der Waals surface area (Å²) in [6, 6.07) is 13.0. The van der Waals surface area contributed by atoms with E-state index in [1.165, 1.54) is 22.8 Å². The van der Waals surface area contributed by atoms with Crippen molar-refractivity contribution in [2.45, 2.75) is 77.0 Å². The van der Waals surface area contributed by atoms with Gasteiger partial charge in [0, 0.05) is 24.3 Å². The lowest BCUT2D eigenvalue weighted by Gasteiger charge is -2.30. The van der Waals surface area contributed by atoms with E-state index >= 15 is 0 Å². The average molecular weight is 654 g/mol. The third-order valence-corrected chi connectivity index (χ3v) is 9.76. The van der Waals surface area contributed by atoms with Crippen LogP contribution in [-0.2, 0) is 33.5 Å². The van der Waals surface area contributed by atoms with Crippen LogP contribution in [0.4, 0.5) is 0 Å². The first kappa shape index (κ1) is 35.9. The molecule has 2 aromatic carbocycles. The van der Waals surface area contributed by atoms with Crippen LogP contribution in [0.1, 0.15) is 67.7 Å². The van der Waals surface area contributed by atoms with Gasteiger partial charge in [-0.2, -0.15) is 0 Å². The highest BCUT2D eigenvalue weighted by molar-refractivity contribution is 7.45. The van der Waals surface area contributed by atoms with Crippen molar-refractivity contribution in [2.24, 2.45) is 17.8 Å². The molecule has 2 unspecified atom stereocenters. The van der Waals surface area contributed by atoms with E-state index in [1.807, 2.05) is 33.2 Å². The van der Waals surface area contributed by atoms with Gasteiger partial charge in [-0.1, -0.05) is 49.4 Å². The Bertz CT molecular complexity index is 1490. The van der Waals surface area contributed by atoms with Gasteiger partial charge in [0.25, 0.3) is 0 Å². The van der Waals surface area contributed by atoms with Crippen molar-refractivity contribution in [1.29, 1.82) is 0 Å². The second-order valence-electron chi connectivity index (χ2n) is 13.4. The molecule has 9 nitrogen and oxygen atoms in total. The number of aliphatic hydroxyl groups is 2. The summed E-state index contributed by atoms with van der Waals surface area (Å²) in [6.45, 7) is 4.92. The van der Waals surface area contributed by atoms with Crippen LogP contribution in [0.3, 0.4) is 0 Å². The standard InChI is InChI=1S/C36H48NO8P/c1-5-6-11-25(2)32(38)19-18-30-33(39)23-28-22-31-26(13-9-15-29(31)36(28)30)14-10-17-35(40)44-21-20-37(3,4)24-27-12-7-8-16-34(27)45-46(41,42)43/h7-9,12-13,15-16,18-19,25,28,30,32-33,36,38-39H,10-11,14,17,20-24H2,1-4H3,(H-,41,42,43)/b19-18+/t25?,28-,30-,32+,33+,36+/m0/s1. The van der Waals surface area contributed by atoms with Crippen LogP contribution in [0.25, 0.3) is 0 Å². The number of carbonyl (C=O) groups excluding carboxylic acids is 1. The Labute approximate surface area is 273 Å². The number of fused-ring (bicyclic) bond motifs is 3. The highest BCUT2D eigenvalue weighted by atomic mass is 31.2. The van der Waals surface area contributed by atoms with Crippen molar-refractivity contribution in [3.05, 3.63) is 76.9 Å². The number of aryl methyl sites for hydroxylation is 1. The lowest BCUT2D eigenvalue weighted by atomic mass is 9.86. The number of esters is 1. The largest absolute Gasteiger partial charge is 0.746 e. The number of likely N-dealkylation sites (N-methyl/N-ethyl adjacent to an activating group) is 1. The SMILES string of the molecule is CC#CCC(C)[C@H](O)/C=C/[C@@H]1[C@H]2c3cccc(CCCC(=O)OCC[N+](C)(C)Cc4ccccc4OP(=O)([O-])O)c3C[C@H]2C[C@H]1O. The maximum absolute atomic E-state index is 12.6. The first-order valence-corrected chi connectivity index (χ1v) is 17.6. The molecule has 1 saturated carbocycles. The maximum atomic E-state index is 12.6. The number of hydrogen-bond donors (Lipinski definition) is 3. The van der Waals surface area contributed by atoms with E-state index in [4.69, 9.17) is 14.2 Å². The van der Waals surface area contributed by atoms with E-state index in [-0.39, 0.29) is 36.1 Å². The van der Waals surface area contributed by atoms with Crippen molar-refractivity contribution in [2.75, 3.05) is 27.2 Å². The van der Waals surface area contributed by atoms with E-state index in [2.05, 4.69) is 30.0 Å². The Kier molecular flexibility index (Phi) is 12.3. The van der Waals surface area contributed by atoms with Crippen LogP contribution in [0.15, 0.2) is 54.6 Å². The van der Waals surface area contributed by atoms with Gasteiger partial charge in [-0.05, 0) is 79.2 Å². The molecule has 0 amide bonds. The van der Waals surface area contributed by atoms with E-state index in [0.717, 1.165) is 19.3 Å². The van der Waals surface area contributed by atoms with Gasteiger partial charge in [-0.25, -0.2) is 0 Å². The number of para-hydroxylation sites is 1. The lowest BCUT2D eigenvalue weighted by molar-refractivity contribution is -0.903. The molecule has 2 aliphatic carbocycles. The zero-order chi connectivity index (χ0) is 33.5. The van der Waals surface area contributed by atoms with Crippen LogP contribution in [-0.4, -0.2) is 65.0 Å². The van der Waals surface area contributed by atoms with Crippen LogP contribution in [0, 0.1) is 29.6 Å². The normalized spacial score (nSPS) is 23.1. The minimum atomic E-state index is -4.93. The number of rotatable bonds is 15. The highest BCUT2D eigenvalue weighted by Crippen LogP contribution is 2.53.